The van der Waals surface area contributed by atoms with Crippen molar-refractivity contribution in [3.8, 4) is 11.1 Å². The maximum atomic E-state index is 13.1. The number of hydrogen-bond acceptors (Lipinski definition) is 3. The molecule has 2 N–H and O–H groups in total. The number of nitrogens with zero attached hydrogens (tertiary/aromatic N) is 1. The predicted octanol–water partition coefficient (Wildman–Crippen LogP) is 3.08. The second-order valence-corrected chi connectivity index (χ2v) is 4.40. The number of nitrogens with two attached hydrogens (primary N) is 1. The monoisotopic (exact) mass is 298 g/mol. The second kappa shape index (κ2) is 5.16. The third-order valence-electron chi connectivity index (χ3n) is 3.14. The number of anilines is 1. The van der Waals surface area contributed by atoms with E-state index in [4.69, 9.17) is 5.73 Å². The molecule has 0 atom stereocenters. The van der Waals surface area contributed by atoms with Crippen molar-refractivity contribution in [2.75, 3.05) is 12.8 Å². The molecule has 0 aliphatic rings. The number of methoxy groups -OCH3 is 1. The fourth-order valence-electron chi connectivity index (χ4n) is 2.28. The van der Waals surface area contributed by atoms with E-state index in [1.165, 1.54) is 0 Å². The van der Waals surface area contributed by atoms with Gasteiger partial charge in [0.05, 0.1) is 12.8 Å². The van der Waals surface area contributed by atoms with E-state index in [2.05, 4.69) is 4.74 Å². The molecule has 0 aliphatic heterocycles. The lowest BCUT2D eigenvalue weighted by molar-refractivity contribution is -0.142. The molecular formula is C14H13F3N2O2. The maximum Gasteiger partial charge on any atom is 0.433 e. The first-order chi connectivity index (χ1) is 9.79. The van der Waals surface area contributed by atoms with Gasteiger partial charge in [-0.15, -0.1) is 0 Å². The van der Waals surface area contributed by atoms with E-state index in [0.717, 1.165) is 18.7 Å². The molecule has 0 bridgehead atoms. The van der Waals surface area contributed by atoms with Crippen LogP contribution in [0.4, 0.5) is 18.9 Å². The average Bonchev–Trinajstić information content (AvgIpc) is 2.69. The molecule has 0 spiro atoms. The van der Waals surface area contributed by atoms with Crippen LogP contribution in [0, 0.1) is 0 Å². The molecule has 4 nitrogen and oxygen atoms in total. The van der Waals surface area contributed by atoms with Crippen LogP contribution in [-0.4, -0.2) is 17.6 Å². The lowest BCUT2D eigenvalue weighted by Gasteiger charge is -2.09. The van der Waals surface area contributed by atoms with E-state index in [9.17, 15) is 18.0 Å². The highest BCUT2D eigenvalue weighted by atomic mass is 19.4. The summed E-state index contributed by atoms with van der Waals surface area (Å²) in [7, 11) is 2.24. The molecule has 2 aromatic rings. The van der Waals surface area contributed by atoms with Gasteiger partial charge in [-0.3, -0.25) is 0 Å². The molecule has 0 radical (unpaired) electrons. The Morgan fingerprint density at radius 3 is 2.29 bits per heavy atom. The minimum Gasteiger partial charge on any atom is -0.464 e. The summed E-state index contributed by atoms with van der Waals surface area (Å²) in [5, 5.41) is 0. The van der Waals surface area contributed by atoms with Crippen molar-refractivity contribution in [3.63, 3.8) is 0 Å². The molecule has 21 heavy (non-hydrogen) atoms. The summed E-state index contributed by atoms with van der Waals surface area (Å²) in [6.07, 6.45) is -4.67. The van der Waals surface area contributed by atoms with E-state index < -0.39 is 23.5 Å². The Kier molecular flexibility index (Phi) is 3.67. The Morgan fingerprint density at radius 2 is 1.81 bits per heavy atom. The molecule has 2 rings (SSSR count). The predicted molar refractivity (Wildman–Crippen MR) is 71.6 cm³/mol. The number of aromatic nitrogens is 1. The quantitative estimate of drug-likeness (QED) is 0.867. The topological polar surface area (TPSA) is 57.2 Å². The van der Waals surface area contributed by atoms with Gasteiger partial charge in [-0.2, -0.15) is 13.2 Å². The molecule has 7 heteroatoms. The summed E-state index contributed by atoms with van der Waals surface area (Å²) >= 11 is 0. The maximum absolute atomic E-state index is 13.1. The van der Waals surface area contributed by atoms with Crippen LogP contribution in [-0.2, 0) is 18.0 Å². The van der Waals surface area contributed by atoms with Gasteiger partial charge in [-0.1, -0.05) is 30.3 Å². The van der Waals surface area contributed by atoms with E-state index in [-0.39, 0.29) is 11.3 Å². The summed E-state index contributed by atoms with van der Waals surface area (Å²) in [6.45, 7) is 0. The summed E-state index contributed by atoms with van der Waals surface area (Å²) < 4.78 is 44.7. The van der Waals surface area contributed by atoms with E-state index in [1.807, 2.05) is 0 Å². The average molecular weight is 298 g/mol. The van der Waals surface area contributed by atoms with Gasteiger partial charge in [0.1, 0.15) is 11.4 Å². The number of ether oxygens (including phenoxy) is 1. The zero-order valence-electron chi connectivity index (χ0n) is 11.4. The SMILES string of the molecule is COC(=O)c1c(-c2ccccc2)c(N)c(C(F)(F)F)n1C. The summed E-state index contributed by atoms with van der Waals surface area (Å²) in [5.74, 6) is -0.876. The first kappa shape index (κ1) is 15.0. The van der Waals surface area contributed by atoms with E-state index in [1.54, 1.807) is 30.3 Å². The highest BCUT2D eigenvalue weighted by Gasteiger charge is 2.41. The highest BCUT2D eigenvalue weighted by molar-refractivity contribution is 6.00. The van der Waals surface area contributed by atoms with Gasteiger partial charge in [0.15, 0.2) is 0 Å². The van der Waals surface area contributed by atoms with Crippen LogP contribution in [0.3, 0.4) is 0 Å². The standard InChI is InChI=1S/C14H13F3N2O2/c1-19-11(13(20)21-2)9(8-6-4-3-5-7-8)10(18)12(19)14(15,16)17/h3-7H,18H2,1-2H3. The van der Waals surface area contributed by atoms with Gasteiger partial charge in [0, 0.05) is 12.6 Å². The van der Waals surface area contributed by atoms with Crippen molar-refractivity contribution in [2.24, 2.45) is 7.05 Å². The van der Waals surface area contributed by atoms with Crippen LogP contribution < -0.4 is 5.73 Å². The van der Waals surface area contributed by atoms with Crippen molar-refractivity contribution < 1.29 is 22.7 Å². The molecule has 0 saturated heterocycles. The first-order valence-corrected chi connectivity index (χ1v) is 5.98. The van der Waals surface area contributed by atoms with Crippen LogP contribution in [0.1, 0.15) is 16.2 Å². The molecule has 0 unspecified atom stereocenters. The number of esters is 1. The largest absolute Gasteiger partial charge is 0.464 e. The minimum atomic E-state index is -4.67. The molecule has 1 aromatic carbocycles. The molecule has 112 valence electrons. The van der Waals surface area contributed by atoms with Crippen LogP contribution in [0.15, 0.2) is 30.3 Å². The molecule has 0 amide bonds. The molecule has 1 aromatic heterocycles. The van der Waals surface area contributed by atoms with Crippen LogP contribution in [0.2, 0.25) is 0 Å². The van der Waals surface area contributed by atoms with Gasteiger partial charge in [0.25, 0.3) is 0 Å². The van der Waals surface area contributed by atoms with Gasteiger partial charge < -0.3 is 15.0 Å². The zero-order chi connectivity index (χ0) is 15.8. The molecule has 1 heterocycles. The number of alkyl halides is 3. The number of hydrogen-bond donors (Lipinski definition) is 1. The van der Waals surface area contributed by atoms with Crippen molar-refractivity contribution in [3.05, 3.63) is 41.7 Å². The van der Waals surface area contributed by atoms with Crippen molar-refractivity contribution in [1.29, 1.82) is 0 Å². The molecule has 0 fully saturated rings. The van der Waals surface area contributed by atoms with Crippen LogP contribution in [0.25, 0.3) is 11.1 Å². The van der Waals surface area contributed by atoms with Gasteiger partial charge in [-0.05, 0) is 5.56 Å². The van der Waals surface area contributed by atoms with Crippen molar-refractivity contribution >= 4 is 11.7 Å². The number of rotatable bonds is 2. The van der Waals surface area contributed by atoms with Gasteiger partial charge in [0.2, 0.25) is 0 Å². The first-order valence-electron chi connectivity index (χ1n) is 5.98. The lowest BCUT2D eigenvalue weighted by Crippen LogP contribution is -2.16. The van der Waals surface area contributed by atoms with E-state index >= 15 is 0 Å². The second-order valence-electron chi connectivity index (χ2n) is 4.40. The van der Waals surface area contributed by atoms with Gasteiger partial charge >= 0.3 is 12.1 Å². The fraction of sp³-hybridized carbons (Fsp3) is 0.214. The normalized spacial score (nSPS) is 11.5. The van der Waals surface area contributed by atoms with E-state index in [0.29, 0.717) is 5.56 Å². The Labute approximate surface area is 118 Å². The third-order valence-corrected chi connectivity index (χ3v) is 3.14. The number of carbonyl (C=O) groups is 1. The molecule has 0 saturated carbocycles. The Bertz CT molecular complexity index is 676. The fourth-order valence-corrected chi connectivity index (χ4v) is 2.28. The Morgan fingerprint density at radius 1 is 1.24 bits per heavy atom. The number of carbonyl (C=O) groups excluding carboxylic acids is 1. The zero-order valence-corrected chi connectivity index (χ0v) is 11.4. The van der Waals surface area contributed by atoms with Crippen molar-refractivity contribution in [2.45, 2.75) is 6.18 Å². The molecular weight excluding hydrogens is 285 g/mol. The molecule has 0 aliphatic carbocycles. The number of benzene rings is 1. The summed E-state index contributed by atoms with van der Waals surface area (Å²) in [5.41, 5.74) is 4.33. The van der Waals surface area contributed by atoms with Crippen LogP contribution >= 0.6 is 0 Å². The Hall–Kier alpha value is -2.44. The minimum absolute atomic E-state index is 0.0253. The van der Waals surface area contributed by atoms with Crippen molar-refractivity contribution in [1.82, 2.24) is 4.57 Å². The highest BCUT2D eigenvalue weighted by Crippen LogP contribution is 2.42. The third kappa shape index (κ3) is 2.46. The van der Waals surface area contributed by atoms with Gasteiger partial charge in [-0.25, -0.2) is 4.79 Å². The lowest BCUT2D eigenvalue weighted by atomic mass is 10.0. The summed E-state index contributed by atoms with van der Waals surface area (Å²) in [6, 6.07) is 8.17. The summed E-state index contributed by atoms with van der Waals surface area (Å²) in [4.78, 5) is 11.9. The number of nitrogen functional groups attached to an aromatic ring is 1. The smallest absolute Gasteiger partial charge is 0.433 e. The Balaban J connectivity index is 2.83. The van der Waals surface area contributed by atoms with Crippen LogP contribution in [0.5, 0.6) is 0 Å². The number of halogens is 3.